The van der Waals surface area contributed by atoms with Gasteiger partial charge in [-0.1, -0.05) is 18.2 Å². The number of nitro groups is 1. The van der Waals surface area contributed by atoms with Gasteiger partial charge < -0.3 is 10.4 Å². The maximum Gasteiger partial charge on any atom is 0.271 e. The molecular formula is C15H16N2O3. The van der Waals surface area contributed by atoms with E-state index >= 15 is 0 Å². The Morgan fingerprint density at radius 2 is 2.00 bits per heavy atom. The Balaban J connectivity index is 2.25. The zero-order chi connectivity index (χ0) is 14.7. The van der Waals surface area contributed by atoms with Gasteiger partial charge in [0.2, 0.25) is 0 Å². The molecule has 0 heterocycles. The first-order chi connectivity index (χ1) is 9.47. The Kier molecular flexibility index (Phi) is 3.89. The van der Waals surface area contributed by atoms with Crippen LogP contribution in [0, 0.1) is 17.0 Å². The fourth-order valence-electron chi connectivity index (χ4n) is 1.99. The zero-order valence-corrected chi connectivity index (χ0v) is 11.3. The molecule has 0 fully saturated rings. The maximum atomic E-state index is 10.8. The summed E-state index contributed by atoms with van der Waals surface area (Å²) >= 11 is 0. The van der Waals surface area contributed by atoms with E-state index < -0.39 is 4.92 Å². The summed E-state index contributed by atoms with van der Waals surface area (Å²) in [5.41, 5.74) is 2.62. The van der Waals surface area contributed by atoms with Crippen molar-refractivity contribution in [3.05, 3.63) is 63.7 Å². The van der Waals surface area contributed by atoms with Gasteiger partial charge >= 0.3 is 0 Å². The number of anilines is 1. The minimum Gasteiger partial charge on any atom is -0.508 e. The normalized spacial score (nSPS) is 11.9. The van der Waals surface area contributed by atoms with Crippen LogP contribution in [0.2, 0.25) is 0 Å². The van der Waals surface area contributed by atoms with Gasteiger partial charge in [0.25, 0.3) is 5.69 Å². The smallest absolute Gasteiger partial charge is 0.271 e. The largest absolute Gasteiger partial charge is 0.508 e. The van der Waals surface area contributed by atoms with E-state index in [9.17, 15) is 15.2 Å². The van der Waals surface area contributed by atoms with Crippen molar-refractivity contribution in [1.82, 2.24) is 0 Å². The molecule has 0 spiro atoms. The molecule has 20 heavy (non-hydrogen) atoms. The van der Waals surface area contributed by atoms with E-state index in [0.29, 0.717) is 0 Å². The molecular weight excluding hydrogens is 256 g/mol. The molecule has 5 nitrogen and oxygen atoms in total. The lowest BCUT2D eigenvalue weighted by Crippen LogP contribution is -2.08. The predicted octanol–water partition coefficient (Wildman–Crippen LogP) is 3.78. The number of nitrogens with one attached hydrogen (secondary N) is 1. The van der Waals surface area contributed by atoms with E-state index in [1.807, 2.05) is 19.9 Å². The van der Waals surface area contributed by atoms with E-state index in [1.54, 1.807) is 24.3 Å². The highest BCUT2D eigenvalue weighted by Crippen LogP contribution is 2.27. The second kappa shape index (κ2) is 5.61. The first-order valence-electron chi connectivity index (χ1n) is 6.28. The fraction of sp³-hybridized carbons (Fsp3) is 0.200. The summed E-state index contributed by atoms with van der Waals surface area (Å²) < 4.78 is 0. The molecule has 2 aromatic carbocycles. The van der Waals surface area contributed by atoms with E-state index in [4.69, 9.17) is 0 Å². The molecule has 0 amide bonds. The molecule has 0 saturated heterocycles. The SMILES string of the molecule is Cc1ccc([N+](=O)[O-])cc1NC(C)c1cccc(O)c1. The maximum absolute atomic E-state index is 10.8. The van der Waals surface area contributed by atoms with Crippen molar-refractivity contribution >= 4 is 11.4 Å². The molecule has 2 aromatic rings. The van der Waals surface area contributed by atoms with Gasteiger partial charge in [-0.05, 0) is 37.1 Å². The highest BCUT2D eigenvalue weighted by atomic mass is 16.6. The van der Waals surface area contributed by atoms with E-state index in [0.717, 1.165) is 16.8 Å². The van der Waals surface area contributed by atoms with Gasteiger partial charge in [0.1, 0.15) is 5.75 Å². The average Bonchev–Trinajstić information content (AvgIpc) is 2.41. The van der Waals surface area contributed by atoms with Gasteiger partial charge in [-0.15, -0.1) is 0 Å². The summed E-state index contributed by atoms with van der Waals surface area (Å²) in [6.07, 6.45) is 0. The molecule has 2 N–H and O–H groups in total. The Morgan fingerprint density at radius 1 is 1.25 bits per heavy atom. The molecule has 0 radical (unpaired) electrons. The quantitative estimate of drug-likeness (QED) is 0.656. The van der Waals surface area contributed by atoms with Crippen LogP contribution in [-0.4, -0.2) is 10.0 Å². The number of benzene rings is 2. The molecule has 0 aliphatic rings. The van der Waals surface area contributed by atoms with Gasteiger partial charge in [-0.2, -0.15) is 0 Å². The summed E-state index contributed by atoms with van der Waals surface area (Å²) in [7, 11) is 0. The Bertz CT molecular complexity index is 641. The summed E-state index contributed by atoms with van der Waals surface area (Å²) in [4.78, 5) is 10.4. The lowest BCUT2D eigenvalue weighted by molar-refractivity contribution is -0.384. The number of aromatic hydroxyl groups is 1. The first-order valence-corrected chi connectivity index (χ1v) is 6.28. The summed E-state index contributed by atoms with van der Waals surface area (Å²) in [6, 6.07) is 11.6. The summed E-state index contributed by atoms with van der Waals surface area (Å²) in [6.45, 7) is 3.83. The van der Waals surface area contributed by atoms with Gasteiger partial charge in [-0.25, -0.2) is 0 Å². The Labute approximate surface area is 117 Å². The van der Waals surface area contributed by atoms with Crippen molar-refractivity contribution in [2.45, 2.75) is 19.9 Å². The van der Waals surface area contributed by atoms with Crippen LogP contribution < -0.4 is 5.32 Å². The zero-order valence-electron chi connectivity index (χ0n) is 11.3. The van der Waals surface area contributed by atoms with Crippen LogP contribution >= 0.6 is 0 Å². The number of aryl methyl sites for hydroxylation is 1. The number of non-ortho nitro benzene ring substituents is 1. The van der Waals surface area contributed by atoms with Crippen LogP contribution in [0.1, 0.15) is 24.1 Å². The minimum absolute atomic E-state index is 0.0567. The molecule has 1 atom stereocenters. The van der Waals surface area contributed by atoms with Crippen LogP contribution in [0.4, 0.5) is 11.4 Å². The molecule has 0 aliphatic carbocycles. The molecule has 0 bridgehead atoms. The molecule has 0 aromatic heterocycles. The monoisotopic (exact) mass is 272 g/mol. The van der Waals surface area contributed by atoms with Gasteiger partial charge in [0.05, 0.1) is 4.92 Å². The molecule has 2 rings (SSSR count). The standard InChI is InChI=1S/C15H16N2O3/c1-10-6-7-13(17(19)20)9-15(10)16-11(2)12-4-3-5-14(18)8-12/h3-9,11,16,18H,1-2H3. The van der Waals surface area contributed by atoms with Crippen LogP contribution in [0.15, 0.2) is 42.5 Å². The number of nitrogens with zero attached hydrogens (tertiary/aromatic N) is 1. The topological polar surface area (TPSA) is 75.4 Å². The van der Waals surface area contributed by atoms with Crippen molar-refractivity contribution in [2.24, 2.45) is 0 Å². The predicted molar refractivity (Wildman–Crippen MR) is 78.0 cm³/mol. The van der Waals surface area contributed by atoms with Gasteiger partial charge in [-0.3, -0.25) is 10.1 Å². The number of hydrogen-bond acceptors (Lipinski definition) is 4. The average molecular weight is 272 g/mol. The van der Waals surface area contributed by atoms with Crippen molar-refractivity contribution in [1.29, 1.82) is 0 Å². The number of phenols is 1. The number of phenolic OH excluding ortho intramolecular Hbond substituents is 1. The second-order valence-corrected chi connectivity index (χ2v) is 4.72. The van der Waals surface area contributed by atoms with Gasteiger partial charge in [0.15, 0.2) is 0 Å². The Hall–Kier alpha value is -2.56. The lowest BCUT2D eigenvalue weighted by atomic mass is 10.1. The highest BCUT2D eigenvalue weighted by molar-refractivity contribution is 5.57. The molecule has 1 unspecified atom stereocenters. The third-order valence-corrected chi connectivity index (χ3v) is 3.17. The van der Waals surface area contributed by atoms with Crippen molar-refractivity contribution < 1.29 is 10.0 Å². The molecule has 104 valence electrons. The first kappa shape index (κ1) is 13.9. The number of rotatable bonds is 4. The minimum atomic E-state index is -0.413. The highest BCUT2D eigenvalue weighted by Gasteiger charge is 2.12. The third-order valence-electron chi connectivity index (χ3n) is 3.17. The second-order valence-electron chi connectivity index (χ2n) is 4.72. The number of nitro benzene ring substituents is 1. The third kappa shape index (κ3) is 3.06. The van der Waals surface area contributed by atoms with Gasteiger partial charge in [0, 0.05) is 23.9 Å². The molecule has 0 saturated carbocycles. The molecule has 5 heteroatoms. The summed E-state index contributed by atoms with van der Waals surface area (Å²) in [5.74, 6) is 0.201. The van der Waals surface area contributed by atoms with Crippen LogP contribution in [0.5, 0.6) is 5.75 Å². The Morgan fingerprint density at radius 3 is 2.65 bits per heavy atom. The summed E-state index contributed by atoms with van der Waals surface area (Å²) in [5, 5.41) is 23.5. The molecule has 0 aliphatic heterocycles. The van der Waals surface area contributed by atoms with E-state index in [1.165, 1.54) is 12.1 Å². The number of hydrogen-bond donors (Lipinski definition) is 2. The van der Waals surface area contributed by atoms with Crippen LogP contribution in [0.3, 0.4) is 0 Å². The van der Waals surface area contributed by atoms with E-state index in [2.05, 4.69) is 5.32 Å². The van der Waals surface area contributed by atoms with Crippen molar-refractivity contribution in [3.63, 3.8) is 0 Å². The van der Waals surface area contributed by atoms with Crippen LogP contribution in [-0.2, 0) is 0 Å². The van der Waals surface area contributed by atoms with Crippen molar-refractivity contribution in [3.8, 4) is 5.75 Å². The van der Waals surface area contributed by atoms with E-state index in [-0.39, 0.29) is 17.5 Å². The fourth-order valence-corrected chi connectivity index (χ4v) is 1.99. The van der Waals surface area contributed by atoms with Crippen molar-refractivity contribution in [2.75, 3.05) is 5.32 Å². The van der Waals surface area contributed by atoms with Crippen LogP contribution in [0.25, 0.3) is 0 Å². The lowest BCUT2D eigenvalue weighted by Gasteiger charge is -2.17.